The van der Waals surface area contributed by atoms with Gasteiger partial charge in [0.15, 0.2) is 0 Å². The number of ether oxygens (including phenoxy) is 1. The normalized spacial score (nSPS) is 15.2. The summed E-state index contributed by atoms with van der Waals surface area (Å²) in [4.78, 5) is 59.5. The molecule has 0 spiro atoms. The molecule has 5 rings (SSSR count). The van der Waals surface area contributed by atoms with Crippen molar-refractivity contribution >= 4 is 47.0 Å². The van der Waals surface area contributed by atoms with E-state index in [2.05, 4.69) is 20.6 Å². The summed E-state index contributed by atoms with van der Waals surface area (Å²) in [5, 5.41) is 5.67. The number of benzene rings is 1. The van der Waals surface area contributed by atoms with Crippen LogP contribution >= 0.6 is 23.4 Å². The number of pyridine rings is 2. The standard InChI is InChI=1S/C20H22FN3O3S.C13H15ClFN3O2/c1-13(25)24-9-7-15(8-10-24)23-19(26)18-11-14(21)12-22-20(18)27-16-3-5-17(28-2)6-4-16;1-8(19)18-4-2-10(3-5-18)17-13(20)11-6-9(15)7-16-12(11)14/h3-6,11-12,15H,7-10H2,1-2H3,(H,23,26);6-7,10H,2-5H2,1H3,(H,17,20). The summed E-state index contributed by atoms with van der Waals surface area (Å²) in [7, 11) is 0. The van der Waals surface area contributed by atoms with E-state index in [0.29, 0.717) is 57.6 Å². The third-order valence-electron chi connectivity index (χ3n) is 7.94. The molecule has 2 aliphatic heterocycles. The van der Waals surface area contributed by atoms with Gasteiger partial charge in [-0.3, -0.25) is 19.2 Å². The molecule has 2 fully saturated rings. The van der Waals surface area contributed by atoms with Gasteiger partial charge in [-0.05, 0) is 68.3 Å². The number of carbonyl (C=O) groups excluding carboxylic acids is 4. The molecule has 0 bridgehead atoms. The van der Waals surface area contributed by atoms with Crippen molar-refractivity contribution in [2.24, 2.45) is 0 Å². The number of nitrogens with one attached hydrogen (secondary N) is 2. The zero-order valence-electron chi connectivity index (χ0n) is 26.8. The smallest absolute Gasteiger partial charge is 0.257 e. The Balaban J connectivity index is 0.000000229. The molecule has 0 saturated carbocycles. The van der Waals surface area contributed by atoms with Crippen LogP contribution in [0.1, 0.15) is 60.2 Å². The van der Waals surface area contributed by atoms with E-state index in [-0.39, 0.29) is 46.1 Å². The zero-order chi connectivity index (χ0) is 34.8. The fourth-order valence-corrected chi connectivity index (χ4v) is 5.81. The number of halogens is 3. The Morgan fingerprint density at radius 1 is 0.792 bits per heavy atom. The molecule has 3 aromatic rings. The molecule has 2 saturated heterocycles. The number of likely N-dealkylation sites (tertiary alicyclic amines) is 2. The van der Waals surface area contributed by atoms with Crippen molar-refractivity contribution in [3.8, 4) is 11.6 Å². The summed E-state index contributed by atoms with van der Waals surface area (Å²) < 4.78 is 32.5. The number of thioether (sulfide) groups is 1. The number of aromatic nitrogens is 2. The predicted molar refractivity (Wildman–Crippen MR) is 177 cm³/mol. The second-order valence-electron chi connectivity index (χ2n) is 11.3. The van der Waals surface area contributed by atoms with Crippen LogP contribution in [-0.4, -0.2) is 87.9 Å². The highest BCUT2D eigenvalue weighted by Crippen LogP contribution is 2.26. The van der Waals surface area contributed by atoms with Crippen LogP contribution in [0.4, 0.5) is 8.78 Å². The minimum Gasteiger partial charge on any atom is -0.438 e. The minimum absolute atomic E-state index is 0.0231. The first-order chi connectivity index (χ1) is 22.9. The molecule has 15 heteroatoms. The van der Waals surface area contributed by atoms with Crippen LogP contribution < -0.4 is 15.4 Å². The Morgan fingerprint density at radius 2 is 1.25 bits per heavy atom. The first-order valence-electron chi connectivity index (χ1n) is 15.3. The fraction of sp³-hybridized carbons (Fsp3) is 0.394. The van der Waals surface area contributed by atoms with E-state index in [1.165, 1.54) is 13.8 Å². The Kier molecular flexibility index (Phi) is 13.1. The minimum atomic E-state index is -0.610. The molecular formula is C33H37ClF2N6O5S. The van der Waals surface area contributed by atoms with Gasteiger partial charge < -0.3 is 25.2 Å². The number of hydrogen-bond donors (Lipinski definition) is 2. The van der Waals surface area contributed by atoms with Crippen molar-refractivity contribution in [1.29, 1.82) is 0 Å². The number of carbonyl (C=O) groups is 4. The van der Waals surface area contributed by atoms with Crippen molar-refractivity contribution < 1.29 is 32.7 Å². The molecule has 48 heavy (non-hydrogen) atoms. The monoisotopic (exact) mass is 702 g/mol. The van der Waals surface area contributed by atoms with Gasteiger partial charge in [-0.1, -0.05) is 11.6 Å². The number of nitrogens with zero attached hydrogens (tertiary/aromatic N) is 4. The zero-order valence-corrected chi connectivity index (χ0v) is 28.4. The molecular weight excluding hydrogens is 666 g/mol. The lowest BCUT2D eigenvalue weighted by Crippen LogP contribution is -2.46. The van der Waals surface area contributed by atoms with Crippen LogP contribution in [0.2, 0.25) is 5.15 Å². The van der Waals surface area contributed by atoms with Crippen molar-refractivity contribution in [1.82, 2.24) is 30.4 Å². The fourth-order valence-electron chi connectivity index (χ4n) is 5.21. The summed E-state index contributed by atoms with van der Waals surface area (Å²) in [6.07, 6.45) is 6.61. The highest BCUT2D eigenvalue weighted by molar-refractivity contribution is 7.98. The van der Waals surface area contributed by atoms with Gasteiger partial charge in [0.2, 0.25) is 17.7 Å². The van der Waals surface area contributed by atoms with Gasteiger partial charge in [-0.25, -0.2) is 18.7 Å². The average Bonchev–Trinajstić information content (AvgIpc) is 3.07. The maximum absolute atomic E-state index is 13.7. The van der Waals surface area contributed by atoms with Crippen LogP contribution in [0.3, 0.4) is 0 Å². The molecule has 0 unspecified atom stereocenters. The Morgan fingerprint density at radius 3 is 1.73 bits per heavy atom. The molecule has 2 aliphatic rings. The summed E-state index contributed by atoms with van der Waals surface area (Å²) >= 11 is 7.39. The lowest BCUT2D eigenvalue weighted by Gasteiger charge is -2.31. The predicted octanol–water partition coefficient (Wildman–Crippen LogP) is 5.09. The largest absolute Gasteiger partial charge is 0.438 e. The molecule has 11 nitrogen and oxygen atoms in total. The number of rotatable bonds is 7. The molecule has 2 N–H and O–H groups in total. The number of amides is 4. The average molecular weight is 703 g/mol. The quantitative estimate of drug-likeness (QED) is 0.257. The van der Waals surface area contributed by atoms with Crippen LogP contribution in [0.25, 0.3) is 0 Å². The van der Waals surface area contributed by atoms with Gasteiger partial charge in [-0.2, -0.15) is 0 Å². The Bertz CT molecular complexity index is 1620. The van der Waals surface area contributed by atoms with E-state index in [1.807, 2.05) is 18.4 Å². The van der Waals surface area contributed by atoms with Crippen molar-refractivity contribution in [2.45, 2.75) is 56.5 Å². The van der Waals surface area contributed by atoms with Crippen molar-refractivity contribution in [2.75, 3.05) is 32.4 Å². The maximum Gasteiger partial charge on any atom is 0.257 e. The van der Waals surface area contributed by atoms with Crippen LogP contribution in [-0.2, 0) is 9.59 Å². The molecule has 256 valence electrons. The van der Waals surface area contributed by atoms with Gasteiger partial charge in [-0.15, -0.1) is 11.8 Å². The molecule has 0 radical (unpaired) electrons. The Hall–Kier alpha value is -4.30. The highest BCUT2D eigenvalue weighted by atomic mass is 35.5. The summed E-state index contributed by atoms with van der Waals surface area (Å²) in [6, 6.07) is 9.40. The highest BCUT2D eigenvalue weighted by Gasteiger charge is 2.25. The molecule has 4 amide bonds. The summed E-state index contributed by atoms with van der Waals surface area (Å²) in [6.45, 7) is 5.45. The molecule has 1 aromatic carbocycles. The van der Waals surface area contributed by atoms with E-state index in [1.54, 1.807) is 33.7 Å². The van der Waals surface area contributed by atoms with E-state index in [9.17, 15) is 28.0 Å². The SMILES string of the molecule is CC(=O)N1CCC(NC(=O)c2cc(F)cnc2Cl)CC1.CSc1ccc(Oc2ncc(F)cc2C(=O)NC2CCN(C(C)=O)CC2)cc1. The lowest BCUT2D eigenvalue weighted by molar-refractivity contribution is -0.130. The summed E-state index contributed by atoms with van der Waals surface area (Å²) in [5.41, 5.74) is 0.0728. The van der Waals surface area contributed by atoms with E-state index in [0.717, 1.165) is 29.4 Å². The Labute approximate surface area is 286 Å². The van der Waals surface area contributed by atoms with E-state index < -0.39 is 23.4 Å². The first kappa shape index (κ1) is 36.5. The molecule has 0 atom stereocenters. The van der Waals surface area contributed by atoms with Crippen molar-refractivity contribution in [3.05, 3.63) is 76.7 Å². The maximum atomic E-state index is 13.7. The third-order valence-corrected chi connectivity index (χ3v) is 8.98. The van der Waals surface area contributed by atoms with Crippen LogP contribution in [0.15, 0.2) is 53.7 Å². The topological polar surface area (TPSA) is 134 Å². The van der Waals surface area contributed by atoms with Crippen LogP contribution in [0.5, 0.6) is 11.6 Å². The molecule has 2 aromatic heterocycles. The number of piperidine rings is 2. The van der Waals surface area contributed by atoms with E-state index in [4.69, 9.17) is 16.3 Å². The summed E-state index contributed by atoms with van der Waals surface area (Å²) in [5.74, 6) is -1.47. The van der Waals surface area contributed by atoms with Gasteiger partial charge in [0.25, 0.3) is 11.8 Å². The second-order valence-corrected chi connectivity index (χ2v) is 12.5. The van der Waals surface area contributed by atoms with E-state index >= 15 is 0 Å². The molecule has 4 heterocycles. The van der Waals surface area contributed by atoms with Gasteiger partial charge in [0.1, 0.15) is 28.1 Å². The van der Waals surface area contributed by atoms with Gasteiger partial charge in [0.05, 0.1) is 18.0 Å². The van der Waals surface area contributed by atoms with Gasteiger partial charge >= 0.3 is 0 Å². The molecule has 0 aliphatic carbocycles. The third kappa shape index (κ3) is 10.3. The lowest BCUT2D eigenvalue weighted by atomic mass is 10.0. The second kappa shape index (κ2) is 17.2. The van der Waals surface area contributed by atoms with Crippen molar-refractivity contribution in [3.63, 3.8) is 0 Å². The van der Waals surface area contributed by atoms with Gasteiger partial charge in [0, 0.05) is 57.0 Å². The first-order valence-corrected chi connectivity index (χ1v) is 16.9. The van der Waals surface area contributed by atoms with Crippen LogP contribution in [0, 0.1) is 11.6 Å². The number of hydrogen-bond acceptors (Lipinski definition) is 8.